The molecule has 0 radical (unpaired) electrons. The van der Waals surface area contributed by atoms with Crippen LogP contribution in [-0.2, 0) is 41.5 Å². The van der Waals surface area contributed by atoms with Gasteiger partial charge >= 0.3 is 11.9 Å². The van der Waals surface area contributed by atoms with Gasteiger partial charge in [0.2, 0.25) is 5.91 Å². The number of amides is 2. The van der Waals surface area contributed by atoms with Gasteiger partial charge in [-0.2, -0.15) is 0 Å². The van der Waals surface area contributed by atoms with Crippen molar-refractivity contribution in [3.05, 3.63) is 46.7 Å². The van der Waals surface area contributed by atoms with Gasteiger partial charge in [0.15, 0.2) is 0 Å². The summed E-state index contributed by atoms with van der Waals surface area (Å²) in [6.45, 7) is 12.8. The number of aryl methyl sites for hydroxylation is 1. The van der Waals surface area contributed by atoms with E-state index in [9.17, 15) is 19.2 Å². The van der Waals surface area contributed by atoms with E-state index in [0.717, 1.165) is 17.5 Å². The normalized spacial score (nSPS) is 17.2. The first kappa shape index (κ1) is 29.4. The second-order valence-electron chi connectivity index (χ2n) is 9.72. The van der Waals surface area contributed by atoms with Crippen molar-refractivity contribution in [2.75, 3.05) is 12.4 Å². The summed E-state index contributed by atoms with van der Waals surface area (Å²) in [5, 5.41) is 2.29. The molecule has 0 aliphatic carbocycles. The maximum absolute atomic E-state index is 13.3. The minimum atomic E-state index is -0.824. The van der Waals surface area contributed by atoms with Crippen molar-refractivity contribution in [3.63, 3.8) is 0 Å². The third-order valence-corrected chi connectivity index (χ3v) is 6.68. The minimum absolute atomic E-state index is 0.148. The lowest BCUT2D eigenvalue weighted by molar-refractivity contribution is -0.158. The monoisotopic (exact) mass is 518 g/mol. The van der Waals surface area contributed by atoms with Gasteiger partial charge in [-0.25, -0.2) is 4.79 Å². The molecular weight excluding hydrogens is 480 g/mol. The van der Waals surface area contributed by atoms with E-state index < -0.39 is 23.0 Å². The number of likely N-dealkylation sites (tertiary alicyclic amines) is 1. The first-order valence-electron chi connectivity index (χ1n) is 12.3. The highest BCUT2D eigenvalue weighted by Crippen LogP contribution is 2.36. The van der Waals surface area contributed by atoms with Crippen molar-refractivity contribution in [2.24, 2.45) is 0 Å². The predicted octanol–water partition coefficient (Wildman–Crippen LogP) is 3.77. The number of ether oxygens (including phenoxy) is 2. The van der Waals surface area contributed by atoms with Crippen LogP contribution in [0.1, 0.15) is 66.0 Å². The molecule has 198 valence electrons. The molecule has 1 heterocycles. The summed E-state index contributed by atoms with van der Waals surface area (Å²) in [6, 6.07) is 6.88. The molecule has 0 aromatic heterocycles. The summed E-state index contributed by atoms with van der Waals surface area (Å²) in [5.41, 5.74) is 2.02. The Morgan fingerprint density at radius 2 is 1.72 bits per heavy atom. The van der Waals surface area contributed by atoms with Crippen molar-refractivity contribution < 1.29 is 28.7 Å². The fourth-order valence-corrected chi connectivity index (χ4v) is 5.10. The van der Waals surface area contributed by atoms with Gasteiger partial charge in [-0.05, 0) is 64.7 Å². The molecule has 0 spiro atoms. The molecule has 8 nitrogen and oxygen atoms in total. The van der Waals surface area contributed by atoms with E-state index >= 15 is 0 Å². The van der Waals surface area contributed by atoms with Crippen LogP contribution in [0.25, 0.3) is 0 Å². The summed E-state index contributed by atoms with van der Waals surface area (Å²) in [4.78, 5) is 52.4. The van der Waals surface area contributed by atoms with Gasteiger partial charge in [0.1, 0.15) is 22.7 Å². The van der Waals surface area contributed by atoms with Gasteiger partial charge in [0.25, 0.3) is 5.91 Å². The van der Waals surface area contributed by atoms with Gasteiger partial charge in [0.05, 0.1) is 19.4 Å². The Hall–Kier alpha value is -2.81. The molecule has 1 saturated heterocycles. The number of rotatable bonds is 11. The van der Waals surface area contributed by atoms with Crippen molar-refractivity contribution >= 4 is 35.5 Å². The molecule has 2 amide bonds. The van der Waals surface area contributed by atoms with Crippen molar-refractivity contribution in [3.8, 4) is 0 Å². The average Bonchev–Trinajstić information content (AvgIpc) is 2.78. The Balaban J connectivity index is 2.23. The van der Waals surface area contributed by atoms with Crippen LogP contribution in [-0.4, -0.2) is 58.0 Å². The zero-order chi connectivity index (χ0) is 27.0. The quantitative estimate of drug-likeness (QED) is 0.270. The van der Waals surface area contributed by atoms with Gasteiger partial charge in [-0.3, -0.25) is 19.3 Å². The fraction of sp³-hybridized carbons (Fsp3) is 0.556. The van der Waals surface area contributed by atoms with Crippen LogP contribution in [0.2, 0.25) is 0 Å². The van der Waals surface area contributed by atoms with Gasteiger partial charge in [-0.15, -0.1) is 11.8 Å². The Morgan fingerprint density at radius 3 is 2.28 bits per heavy atom. The molecule has 1 fully saturated rings. The number of allylic oxidation sites excluding steroid dienone is 1. The molecule has 0 saturated carbocycles. The van der Waals surface area contributed by atoms with E-state index in [0.29, 0.717) is 11.3 Å². The maximum Gasteiger partial charge on any atom is 0.355 e. The average molecular weight is 519 g/mol. The second kappa shape index (κ2) is 12.9. The minimum Gasteiger partial charge on any atom is -0.466 e. The van der Waals surface area contributed by atoms with Gasteiger partial charge in [-0.1, -0.05) is 31.2 Å². The van der Waals surface area contributed by atoms with Crippen LogP contribution in [0.15, 0.2) is 35.5 Å². The zero-order valence-corrected chi connectivity index (χ0v) is 23.1. The highest BCUT2D eigenvalue weighted by molar-refractivity contribution is 8.00. The molecule has 2 unspecified atom stereocenters. The molecule has 1 aromatic rings. The number of carbonyl (C=O) groups excluding carboxylic acids is 4. The summed E-state index contributed by atoms with van der Waals surface area (Å²) < 4.78 is 10.5. The van der Waals surface area contributed by atoms with Crippen LogP contribution in [0.3, 0.4) is 0 Å². The number of thioether (sulfide) groups is 1. The molecular formula is C27H38N2O6S. The lowest BCUT2D eigenvalue weighted by atomic mass is 10.0. The van der Waals surface area contributed by atoms with Crippen LogP contribution in [0.5, 0.6) is 0 Å². The first-order chi connectivity index (χ1) is 16.9. The summed E-state index contributed by atoms with van der Waals surface area (Å²) >= 11 is 1.32. The molecule has 1 aromatic carbocycles. The molecule has 2 rings (SSSR count). The number of β-lactam (4-membered cyclic amide) rings is 1. The van der Waals surface area contributed by atoms with E-state index in [1.54, 1.807) is 41.5 Å². The number of esters is 2. The number of hydrogen-bond donors (Lipinski definition) is 1. The summed E-state index contributed by atoms with van der Waals surface area (Å²) in [7, 11) is 0. The third kappa shape index (κ3) is 7.85. The highest BCUT2D eigenvalue weighted by atomic mass is 32.2. The summed E-state index contributed by atoms with van der Waals surface area (Å²) in [6.07, 6.45) is 1.10. The number of benzene rings is 1. The lowest BCUT2D eigenvalue weighted by Gasteiger charge is -2.47. The smallest absolute Gasteiger partial charge is 0.355 e. The molecule has 9 heteroatoms. The van der Waals surface area contributed by atoms with Gasteiger partial charge < -0.3 is 14.8 Å². The van der Waals surface area contributed by atoms with Crippen LogP contribution >= 0.6 is 11.8 Å². The van der Waals surface area contributed by atoms with Gasteiger partial charge in [0, 0.05) is 5.75 Å². The molecule has 36 heavy (non-hydrogen) atoms. The van der Waals surface area contributed by atoms with E-state index in [1.807, 2.05) is 31.2 Å². The second-order valence-corrected chi connectivity index (χ2v) is 10.9. The Morgan fingerprint density at radius 1 is 1.08 bits per heavy atom. The maximum atomic E-state index is 13.3. The van der Waals surface area contributed by atoms with E-state index in [-0.39, 0.29) is 42.9 Å². The SMILES string of the molecule is CCOC(=O)CCSC1C(NC(=O)Cc2ccccc2CC)C(=O)N1C(C(=O)OC(C)(C)C)=C(C)C. The van der Waals surface area contributed by atoms with E-state index in [2.05, 4.69) is 5.32 Å². The molecule has 1 aliphatic rings. The molecule has 0 bridgehead atoms. The first-order valence-corrected chi connectivity index (χ1v) is 13.3. The highest BCUT2D eigenvalue weighted by Gasteiger charge is 2.52. The Bertz CT molecular complexity index is 1010. The summed E-state index contributed by atoms with van der Waals surface area (Å²) in [5.74, 6) is -1.24. The number of nitrogens with zero attached hydrogens (tertiary/aromatic N) is 1. The third-order valence-electron chi connectivity index (χ3n) is 5.42. The van der Waals surface area contributed by atoms with Crippen LogP contribution in [0.4, 0.5) is 0 Å². The largest absolute Gasteiger partial charge is 0.466 e. The number of hydrogen-bond acceptors (Lipinski definition) is 7. The van der Waals surface area contributed by atoms with Crippen LogP contribution < -0.4 is 5.32 Å². The van der Waals surface area contributed by atoms with Crippen molar-refractivity contribution in [1.82, 2.24) is 10.2 Å². The molecule has 1 N–H and O–H groups in total. The van der Waals surface area contributed by atoms with Crippen LogP contribution in [0, 0.1) is 0 Å². The van der Waals surface area contributed by atoms with E-state index in [4.69, 9.17) is 9.47 Å². The van der Waals surface area contributed by atoms with E-state index in [1.165, 1.54) is 16.7 Å². The standard InChI is InChI=1S/C27H38N2O6S/c1-8-18-12-10-11-13-19(18)16-20(30)28-22-24(32)29(25(22)36-15-14-21(31)34-9-2)23(17(3)4)26(33)35-27(5,6)7/h10-13,22,25H,8-9,14-16H2,1-7H3,(H,28,30). The Kier molecular flexibility index (Phi) is 10.6. The fourth-order valence-electron chi connectivity index (χ4n) is 3.84. The predicted molar refractivity (Wildman–Crippen MR) is 140 cm³/mol. The lowest BCUT2D eigenvalue weighted by Crippen LogP contribution is -2.69. The van der Waals surface area contributed by atoms with Crippen molar-refractivity contribution in [1.29, 1.82) is 0 Å². The molecule has 1 aliphatic heterocycles. The van der Waals surface area contributed by atoms with Crippen molar-refractivity contribution in [2.45, 2.75) is 84.7 Å². The Labute approximate surface area is 218 Å². The number of nitrogens with one attached hydrogen (secondary N) is 1. The molecule has 2 atom stereocenters. The number of carbonyl (C=O) groups is 4. The topological polar surface area (TPSA) is 102 Å². The zero-order valence-electron chi connectivity index (χ0n) is 22.3.